The Morgan fingerprint density at radius 1 is 1.50 bits per heavy atom. The molecule has 0 N–H and O–H groups in total. The van der Waals surface area contributed by atoms with Crippen LogP contribution in [-0.4, -0.2) is 9.97 Å². The van der Waals surface area contributed by atoms with Crippen LogP contribution in [0.4, 0.5) is 0 Å². The second-order valence-electron chi connectivity index (χ2n) is 1.62. The Labute approximate surface area is 85.7 Å². The van der Waals surface area contributed by atoms with Gasteiger partial charge in [0.2, 0.25) is 5.28 Å². The predicted molar refractivity (Wildman–Crippen MR) is 31.2 cm³/mol. The summed E-state index contributed by atoms with van der Waals surface area (Å²) in [6, 6.07) is 1.33. The van der Waals surface area contributed by atoms with Gasteiger partial charge in [-0.2, -0.15) is 0 Å². The smallest absolute Gasteiger partial charge is 0.858 e. The van der Waals surface area contributed by atoms with Gasteiger partial charge in [-0.25, -0.2) is 9.97 Å². The van der Waals surface area contributed by atoms with Crippen LogP contribution in [0.3, 0.4) is 0 Å². The molecule has 0 fully saturated rings. The van der Waals surface area contributed by atoms with E-state index in [4.69, 9.17) is 11.6 Å². The van der Waals surface area contributed by atoms with Gasteiger partial charge in [0.05, 0.1) is 0 Å². The minimum Gasteiger partial charge on any atom is -0.858 e. The van der Waals surface area contributed by atoms with Gasteiger partial charge in [0.15, 0.2) is 0 Å². The van der Waals surface area contributed by atoms with Crippen molar-refractivity contribution in [1.29, 1.82) is 0 Å². The van der Waals surface area contributed by atoms with Gasteiger partial charge in [0.1, 0.15) is 0 Å². The fraction of sp³-hybridized carbons (Fsp3) is 0.200. The van der Waals surface area contributed by atoms with Gasteiger partial charge < -0.3 is 5.11 Å². The molecule has 1 aromatic rings. The maximum absolute atomic E-state index is 10.5. The van der Waals surface area contributed by atoms with E-state index >= 15 is 0 Å². The fourth-order valence-corrected chi connectivity index (χ4v) is 0.721. The van der Waals surface area contributed by atoms with Crippen molar-refractivity contribution in [2.24, 2.45) is 0 Å². The van der Waals surface area contributed by atoms with Crippen LogP contribution < -0.4 is 34.7 Å². The third kappa shape index (κ3) is 2.84. The van der Waals surface area contributed by atoms with Gasteiger partial charge in [0, 0.05) is 5.69 Å². The first kappa shape index (κ1) is 10.2. The molecule has 0 spiro atoms. The van der Waals surface area contributed by atoms with Crippen LogP contribution in [0.2, 0.25) is 5.28 Å². The average Bonchev–Trinajstić information content (AvgIpc) is 1.59. The fourth-order valence-electron chi connectivity index (χ4n) is 0.505. The van der Waals surface area contributed by atoms with Crippen LogP contribution in [0.25, 0.3) is 0 Å². The summed E-state index contributed by atoms with van der Waals surface area (Å²) in [7, 11) is 0. The molecular formula is C5H4ClN2NaO. The van der Waals surface area contributed by atoms with E-state index in [1.54, 1.807) is 6.92 Å². The zero-order valence-corrected chi connectivity index (χ0v) is 8.51. The van der Waals surface area contributed by atoms with Crippen LogP contribution in [0.15, 0.2) is 6.07 Å². The molecule has 0 aromatic carbocycles. The molecule has 1 aromatic heterocycles. The van der Waals surface area contributed by atoms with Crippen molar-refractivity contribution in [3.8, 4) is 5.88 Å². The maximum Gasteiger partial charge on any atom is 1.00 e. The molecule has 0 saturated carbocycles. The Balaban J connectivity index is 0.000000810. The van der Waals surface area contributed by atoms with Crippen LogP contribution in [0, 0.1) is 6.92 Å². The first-order valence-corrected chi connectivity index (χ1v) is 2.74. The zero-order valence-electron chi connectivity index (χ0n) is 5.76. The number of aryl methyl sites for hydroxylation is 1. The first-order valence-electron chi connectivity index (χ1n) is 2.36. The summed E-state index contributed by atoms with van der Waals surface area (Å²) in [5.74, 6) is -0.340. The first-order chi connectivity index (χ1) is 4.18. The number of halogens is 1. The van der Waals surface area contributed by atoms with Crippen LogP contribution >= 0.6 is 11.6 Å². The maximum atomic E-state index is 10.5. The number of rotatable bonds is 0. The van der Waals surface area contributed by atoms with E-state index in [1.165, 1.54) is 6.07 Å². The van der Waals surface area contributed by atoms with Crippen molar-refractivity contribution < 1.29 is 34.7 Å². The molecule has 0 bridgehead atoms. The molecule has 0 atom stereocenters. The molecule has 0 unspecified atom stereocenters. The van der Waals surface area contributed by atoms with Crippen LogP contribution in [0.1, 0.15) is 5.69 Å². The molecule has 1 heterocycles. The van der Waals surface area contributed by atoms with E-state index in [-0.39, 0.29) is 40.7 Å². The summed E-state index contributed by atoms with van der Waals surface area (Å²) in [6.07, 6.45) is 0. The van der Waals surface area contributed by atoms with Gasteiger partial charge >= 0.3 is 29.6 Å². The predicted octanol–water partition coefficient (Wildman–Crippen LogP) is -2.48. The number of aromatic nitrogens is 2. The van der Waals surface area contributed by atoms with Gasteiger partial charge in [-0.15, -0.1) is 0 Å². The summed E-state index contributed by atoms with van der Waals surface area (Å²) in [6.45, 7) is 1.69. The van der Waals surface area contributed by atoms with E-state index < -0.39 is 0 Å². The standard InChI is InChI=1S/C5H5ClN2O.Na/c1-3-2-4(9)8-5(6)7-3;/h2H,1H3,(H,7,8,9);/q;+1/p-1. The number of hydrogen-bond donors (Lipinski definition) is 0. The van der Waals surface area contributed by atoms with Gasteiger partial charge in [0.25, 0.3) is 0 Å². The molecule has 0 amide bonds. The zero-order chi connectivity index (χ0) is 6.85. The van der Waals surface area contributed by atoms with E-state index in [2.05, 4.69) is 9.97 Å². The Morgan fingerprint density at radius 3 is 2.50 bits per heavy atom. The van der Waals surface area contributed by atoms with Crippen molar-refractivity contribution in [2.45, 2.75) is 6.92 Å². The quantitative estimate of drug-likeness (QED) is 0.317. The topological polar surface area (TPSA) is 48.8 Å². The Bertz CT molecular complexity index is 180. The molecule has 48 valence electrons. The molecule has 0 aliphatic heterocycles. The second kappa shape index (κ2) is 4.13. The summed E-state index contributed by atoms with van der Waals surface area (Å²) in [5, 5.41) is 10.5. The molecule has 0 aliphatic rings. The molecular weight excluding hydrogens is 163 g/mol. The molecule has 0 saturated heterocycles. The number of nitrogens with zero attached hydrogens (tertiary/aromatic N) is 2. The van der Waals surface area contributed by atoms with Crippen LogP contribution in [0.5, 0.6) is 5.88 Å². The normalized spacial score (nSPS) is 8.60. The Kier molecular flexibility index (Phi) is 4.20. The Hall–Kier alpha value is 0.170. The third-order valence-corrected chi connectivity index (χ3v) is 0.972. The van der Waals surface area contributed by atoms with Crippen LogP contribution in [-0.2, 0) is 0 Å². The van der Waals surface area contributed by atoms with Gasteiger partial charge in [-0.3, -0.25) is 0 Å². The third-order valence-electron chi connectivity index (χ3n) is 0.803. The minimum atomic E-state index is -0.340. The monoisotopic (exact) mass is 166 g/mol. The van der Waals surface area contributed by atoms with E-state index in [9.17, 15) is 5.11 Å². The van der Waals surface area contributed by atoms with Crippen molar-refractivity contribution >= 4 is 11.6 Å². The van der Waals surface area contributed by atoms with Gasteiger partial charge in [-0.1, -0.05) is 0 Å². The van der Waals surface area contributed by atoms with Crippen molar-refractivity contribution in [1.82, 2.24) is 9.97 Å². The average molecular weight is 167 g/mol. The molecule has 5 heteroatoms. The summed E-state index contributed by atoms with van der Waals surface area (Å²) in [4.78, 5) is 7.02. The largest absolute Gasteiger partial charge is 1.00 e. The summed E-state index contributed by atoms with van der Waals surface area (Å²) < 4.78 is 0. The molecule has 0 aliphatic carbocycles. The molecule has 0 radical (unpaired) electrons. The van der Waals surface area contributed by atoms with E-state index in [1.807, 2.05) is 0 Å². The molecule has 10 heavy (non-hydrogen) atoms. The molecule has 3 nitrogen and oxygen atoms in total. The van der Waals surface area contributed by atoms with Gasteiger partial charge in [-0.05, 0) is 30.5 Å². The second-order valence-corrected chi connectivity index (χ2v) is 1.95. The number of hydrogen-bond acceptors (Lipinski definition) is 3. The Morgan fingerprint density at radius 2 is 2.10 bits per heavy atom. The summed E-state index contributed by atoms with van der Waals surface area (Å²) >= 11 is 5.33. The van der Waals surface area contributed by atoms with Crippen molar-refractivity contribution in [3.05, 3.63) is 17.0 Å². The minimum absolute atomic E-state index is 0. The van der Waals surface area contributed by atoms with E-state index in [0.29, 0.717) is 5.69 Å². The van der Waals surface area contributed by atoms with Crippen molar-refractivity contribution in [3.63, 3.8) is 0 Å². The summed E-state index contributed by atoms with van der Waals surface area (Å²) in [5.41, 5.74) is 0.597. The SMILES string of the molecule is Cc1cc([O-])nc(Cl)n1.[Na+]. The van der Waals surface area contributed by atoms with Crippen molar-refractivity contribution in [2.75, 3.05) is 0 Å². The molecule has 1 rings (SSSR count). The van der Waals surface area contributed by atoms with E-state index in [0.717, 1.165) is 0 Å².